The first-order valence-corrected chi connectivity index (χ1v) is 6.25. The van der Waals surface area contributed by atoms with E-state index in [1.54, 1.807) is 6.07 Å². The zero-order valence-electron chi connectivity index (χ0n) is 10.4. The molecule has 0 radical (unpaired) electrons. The summed E-state index contributed by atoms with van der Waals surface area (Å²) in [5.41, 5.74) is 0.929. The lowest BCUT2D eigenvalue weighted by molar-refractivity contribution is 0.474. The minimum Gasteiger partial charge on any atom is -0.506 e. The van der Waals surface area contributed by atoms with Crippen molar-refractivity contribution in [1.82, 2.24) is 0 Å². The van der Waals surface area contributed by atoms with E-state index < -0.39 is 0 Å². The van der Waals surface area contributed by atoms with Gasteiger partial charge >= 0.3 is 0 Å². The van der Waals surface area contributed by atoms with Gasteiger partial charge in [-0.1, -0.05) is 44.7 Å². The zero-order chi connectivity index (χ0) is 11.8. The number of nitrogens with zero attached hydrogens (tertiary/aromatic N) is 1. The van der Waals surface area contributed by atoms with Crippen LogP contribution in [-0.4, -0.2) is 18.7 Å². The number of phenolic OH excluding ortho intramolecular Hbond substituents is 1. The molecule has 1 rings (SSSR count). The molecule has 1 aromatic carbocycles. The summed E-state index contributed by atoms with van der Waals surface area (Å²) in [5.74, 6) is 0.374. The first-order valence-electron chi connectivity index (χ1n) is 6.25. The molecular formula is C14H23NO. The van der Waals surface area contributed by atoms with E-state index in [4.69, 9.17) is 0 Å². The highest BCUT2D eigenvalue weighted by Crippen LogP contribution is 2.25. The van der Waals surface area contributed by atoms with Crippen LogP contribution in [0.5, 0.6) is 5.75 Å². The molecule has 0 heterocycles. The van der Waals surface area contributed by atoms with Gasteiger partial charge in [0, 0.05) is 13.6 Å². The maximum Gasteiger partial charge on any atom is 0.138 e. The zero-order valence-corrected chi connectivity index (χ0v) is 10.4. The normalized spacial score (nSPS) is 10.4. The summed E-state index contributed by atoms with van der Waals surface area (Å²) in [5, 5.41) is 9.68. The third-order valence-corrected chi connectivity index (χ3v) is 2.89. The van der Waals surface area contributed by atoms with Crippen LogP contribution in [0.4, 0.5) is 5.69 Å². The number of phenols is 1. The second kappa shape index (κ2) is 7.15. The molecule has 0 bridgehead atoms. The van der Waals surface area contributed by atoms with Crippen molar-refractivity contribution in [3.63, 3.8) is 0 Å². The molecule has 0 amide bonds. The fourth-order valence-electron chi connectivity index (χ4n) is 1.86. The van der Waals surface area contributed by atoms with Crippen molar-refractivity contribution >= 4 is 5.69 Å². The summed E-state index contributed by atoms with van der Waals surface area (Å²) in [7, 11) is 2.04. The number of anilines is 1. The number of hydrogen-bond donors (Lipinski definition) is 1. The third-order valence-electron chi connectivity index (χ3n) is 2.89. The third kappa shape index (κ3) is 4.13. The highest BCUT2D eigenvalue weighted by Gasteiger charge is 2.04. The van der Waals surface area contributed by atoms with Gasteiger partial charge in [-0.25, -0.2) is 0 Å². The number of hydrogen-bond acceptors (Lipinski definition) is 2. The second-order valence-electron chi connectivity index (χ2n) is 4.32. The molecule has 2 nitrogen and oxygen atoms in total. The van der Waals surface area contributed by atoms with Crippen LogP contribution in [0.3, 0.4) is 0 Å². The molecule has 0 atom stereocenters. The molecule has 90 valence electrons. The SMILES string of the molecule is CCCCCCCN(C)c1ccccc1O. The highest BCUT2D eigenvalue weighted by atomic mass is 16.3. The first-order chi connectivity index (χ1) is 7.75. The van der Waals surface area contributed by atoms with Crippen molar-refractivity contribution in [2.45, 2.75) is 39.0 Å². The van der Waals surface area contributed by atoms with Crippen molar-refractivity contribution in [2.75, 3.05) is 18.5 Å². The Bertz CT molecular complexity index is 299. The summed E-state index contributed by atoms with van der Waals surface area (Å²) >= 11 is 0. The summed E-state index contributed by atoms with van der Waals surface area (Å²) < 4.78 is 0. The second-order valence-corrected chi connectivity index (χ2v) is 4.32. The van der Waals surface area contributed by atoms with E-state index in [9.17, 15) is 5.11 Å². The summed E-state index contributed by atoms with van der Waals surface area (Å²) in [4.78, 5) is 2.13. The lowest BCUT2D eigenvalue weighted by atomic mass is 10.1. The average Bonchev–Trinajstić information content (AvgIpc) is 2.29. The molecule has 0 aromatic heterocycles. The Kier molecular flexibility index (Phi) is 5.76. The largest absolute Gasteiger partial charge is 0.506 e. The van der Waals surface area contributed by atoms with Gasteiger partial charge in [0.1, 0.15) is 5.75 Å². The molecule has 0 unspecified atom stereocenters. The van der Waals surface area contributed by atoms with Crippen LogP contribution >= 0.6 is 0 Å². The topological polar surface area (TPSA) is 23.5 Å². The lowest BCUT2D eigenvalue weighted by Gasteiger charge is -2.20. The van der Waals surface area contributed by atoms with Gasteiger partial charge in [0.2, 0.25) is 0 Å². The molecule has 2 heteroatoms. The van der Waals surface area contributed by atoms with E-state index in [1.165, 1.54) is 32.1 Å². The molecule has 1 aromatic rings. The molecule has 0 aliphatic rings. The Morgan fingerprint density at radius 1 is 1.06 bits per heavy atom. The van der Waals surface area contributed by atoms with Crippen molar-refractivity contribution in [2.24, 2.45) is 0 Å². The Labute approximate surface area is 98.9 Å². The van der Waals surface area contributed by atoms with E-state index >= 15 is 0 Å². The van der Waals surface area contributed by atoms with Crippen molar-refractivity contribution in [1.29, 1.82) is 0 Å². The van der Waals surface area contributed by atoms with Gasteiger partial charge in [-0.05, 0) is 18.6 Å². The van der Waals surface area contributed by atoms with Crippen LogP contribution in [-0.2, 0) is 0 Å². The summed E-state index contributed by atoms with van der Waals surface area (Å²) in [6.07, 6.45) is 6.43. The highest BCUT2D eigenvalue weighted by molar-refractivity contribution is 5.56. The number of benzene rings is 1. The Morgan fingerprint density at radius 2 is 1.75 bits per heavy atom. The van der Waals surface area contributed by atoms with Gasteiger partial charge in [0.15, 0.2) is 0 Å². The van der Waals surface area contributed by atoms with E-state index in [2.05, 4.69) is 11.8 Å². The molecular weight excluding hydrogens is 198 g/mol. The van der Waals surface area contributed by atoms with Crippen LogP contribution < -0.4 is 4.90 Å². The summed E-state index contributed by atoms with van der Waals surface area (Å²) in [6.45, 7) is 3.25. The maximum atomic E-state index is 9.68. The lowest BCUT2D eigenvalue weighted by Crippen LogP contribution is -2.18. The standard InChI is InChI=1S/C14H23NO/c1-3-4-5-6-9-12-15(2)13-10-7-8-11-14(13)16/h7-8,10-11,16H,3-6,9,12H2,1-2H3. The van der Waals surface area contributed by atoms with Gasteiger partial charge in [0.05, 0.1) is 5.69 Å². The van der Waals surface area contributed by atoms with Gasteiger partial charge in [-0.15, -0.1) is 0 Å². The van der Waals surface area contributed by atoms with E-state index in [0.717, 1.165) is 12.2 Å². The van der Waals surface area contributed by atoms with Crippen LogP contribution in [0.15, 0.2) is 24.3 Å². The molecule has 0 aliphatic carbocycles. The number of unbranched alkanes of at least 4 members (excludes halogenated alkanes) is 4. The Balaban J connectivity index is 2.30. The van der Waals surface area contributed by atoms with Gasteiger partial charge in [-0.2, -0.15) is 0 Å². The molecule has 0 saturated heterocycles. The van der Waals surface area contributed by atoms with Crippen molar-refractivity contribution < 1.29 is 5.11 Å². The van der Waals surface area contributed by atoms with Gasteiger partial charge in [0.25, 0.3) is 0 Å². The van der Waals surface area contributed by atoms with E-state index in [1.807, 2.05) is 25.2 Å². The quantitative estimate of drug-likeness (QED) is 0.708. The fourth-order valence-corrected chi connectivity index (χ4v) is 1.86. The van der Waals surface area contributed by atoms with Gasteiger partial charge in [-0.3, -0.25) is 0 Å². The predicted octanol–water partition coefficient (Wildman–Crippen LogP) is 3.80. The minimum atomic E-state index is 0.374. The van der Waals surface area contributed by atoms with Crippen LogP contribution in [0.25, 0.3) is 0 Å². The molecule has 1 N–H and O–H groups in total. The fraction of sp³-hybridized carbons (Fsp3) is 0.571. The van der Waals surface area contributed by atoms with Gasteiger partial charge < -0.3 is 10.0 Å². The first kappa shape index (κ1) is 12.9. The van der Waals surface area contributed by atoms with E-state index in [-0.39, 0.29) is 0 Å². The van der Waals surface area contributed by atoms with E-state index in [0.29, 0.717) is 5.75 Å². The smallest absolute Gasteiger partial charge is 0.138 e. The molecule has 0 aliphatic heterocycles. The Hall–Kier alpha value is -1.18. The average molecular weight is 221 g/mol. The van der Waals surface area contributed by atoms with Crippen molar-refractivity contribution in [3.05, 3.63) is 24.3 Å². The monoisotopic (exact) mass is 221 g/mol. The minimum absolute atomic E-state index is 0.374. The molecule has 16 heavy (non-hydrogen) atoms. The molecule has 0 saturated carbocycles. The number of aromatic hydroxyl groups is 1. The number of para-hydroxylation sites is 2. The Morgan fingerprint density at radius 3 is 2.44 bits per heavy atom. The number of rotatable bonds is 7. The van der Waals surface area contributed by atoms with Crippen LogP contribution in [0, 0.1) is 0 Å². The summed E-state index contributed by atoms with van der Waals surface area (Å²) in [6, 6.07) is 7.51. The molecule has 0 spiro atoms. The van der Waals surface area contributed by atoms with Crippen molar-refractivity contribution in [3.8, 4) is 5.75 Å². The predicted molar refractivity (Wildman–Crippen MR) is 70.1 cm³/mol. The maximum absolute atomic E-state index is 9.68. The molecule has 0 fully saturated rings. The van der Waals surface area contributed by atoms with Crippen LogP contribution in [0.2, 0.25) is 0 Å². The van der Waals surface area contributed by atoms with Crippen LogP contribution in [0.1, 0.15) is 39.0 Å².